The lowest BCUT2D eigenvalue weighted by molar-refractivity contribution is -0.0125. The summed E-state index contributed by atoms with van der Waals surface area (Å²) in [6.07, 6.45) is 5.08. The van der Waals surface area contributed by atoms with Gasteiger partial charge in [0.05, 0.1) is 5.60 Å². The minimum absolute atomic E-state index is 0.485. The van der Waals surface area contributed by atoms with Crippen LogP contribution >= 0.6 is 15.9 Å². The molecule has 1 saturated carbocycles. The van der Waals surface area contributed by atoms with Crippen molar-refractivity contribution in [3.05, 3.63) is 34.3 Å². The van der Waals surface area contributed by atoms with Gasteiger partial charge in [-0.2, -0.15) is 0 Å². The van der Waals surface area contributed by atoms with E-state index >= 15 is 0 Å². The van der Waals surface area contributed by atoms with Gasteiger partial charge in [0.1, 0.15) is 0 Å². The average molecular weight is 283 g/mol. The van der Waals surface area contributed by atoms with E-state index in [4.69, 9.17) is 0 Å². The van der Waals surface area contributed by atoms with E-state index in [9.17, 15) is 5.11 Å². The van der Waals surface area contributed by atoms with Crippen molar-refractivity contribution in [1.82, 2.24) is 0 Å². The van der Waals surface area contributed by atoms with Crippen LogP contribution in [-0.4, -0.2) is 10.7 Å². The third kappa shape index (κ3) is 2.86. The smallest absolute Gasteiger partial charge is 0.0690 e. The van der Waals surface area contributed by atoms with Gasteiger partial charge in [0, 0.05) is 10.9 Å². The lowest BCUT2D eigenvalue weighted by atomic mass is 9.76. The summed E-state index contributed by atoms with van der Waals surface area (Å²) in [5, 5.41) is 10.6. The van der Waals surface area contributed by atoms with Gasteiger partial charge in [-0.15, -0.1) is 0 Å². The highest BCUT2D eigenvalue weighted by molar-refractivity contribution is 9.10. The minimum atomic E-state index is -0.485. The van der Waals surface area contributed by atoms with Gasteiger partial charge in [-0.1, -0.05) is 53.9 Å². The summed E-state index contributed by atoms with van der Waals surface area (Å²) in [6, 6.07) is 8.20. The van der Waals surface area contributed by atoms with Gasteiger partial charge in [-0.25, -0.2) is 0 Å². The van der Waals surface area contributed by atoms with Gasteiger partial charge in [-0.3, -0.25) is 0 Å². The Morgan fingerprint density at radius 2 is 2.19 bits per heavy atom. The molecule has 1 aliphatic rings. The van der Waals surface area contributed by atoms with Gasteiger partial charge < -0.3 is 5.11 Å². The van der Waals surface area contributed by atoms with Crippen molar-refractivity contribution in [2.75, 3.05) is 0 Å². The average Bonchev–Trinajstić information content (AvgIpc) is 2.21. The van der Waals surface area contributed by atoms with Gasteiger partial charge in [0.2, 0.25) is 0 Å². The zero-order valence-corrected chi connectivity index (χ0v) is 11.3. The third-order valence-corrected chi connectivity index (χ3v) is 4.32. The summed E-state index contributed by atoms with van der Waals surface area (Å²) in [7, 11) is 0. The number of aliphatic hydroxyl groups is 1. The Morgan fingerprint density at radius 1 is 1.44 bits per heavy atom. The van der Waals surface area contributed by atoms with E-state index < -0.39 is 5.60 Å². The van der Waals surface area contributed by atoms with Crippen LogP contribution in [0.2, 0.25) is 0 Å². The topological polar surface area (TPSA) is 20.2 Å². The standard InChI is InChI=1S/C14H19BrO/c1-11-5-4-8-14(16,9-11)10-12-6-2-3-7-13(12)15/h2-3,6-7,11,16H,4-5,8-10H2,1H3. The van der Waals surface area contributed by atoms with Crippen LogP contribution in [-0.2, 0) is 6.42 Å². The maximum absolute atomic E-state index is 10.6. The summed E-state index contributed by atoms with van der Waals surface area (Å²) < 4.78 is 1.11. The first kappa shape index (κ1) is 12.1. The molecule has 0 amide bonds. The Balaban J connectivity index is 2.11. The number of hydrogen-bond donors (Lipinski definition) is 1. The fourth-order valence-corrected chi connectivity index (χ4v) is 3.21. The van der Waals surface area contributed by atoms with E-state index in [-0.39, 0.29) is 0 Å². The lowest BCUT2D eigenvalue weighted by Crippen LogP contribution is -2.36. The predicted octanol–water partition coefficient (Wildman–Crippen LogP) is 3.93. The fraction of sp³-hybridized carbons (Fsp3) is 0.571. The molecule has 0 bridgehead atoms. The Kier molecular flexibility index (Phi) is 3.70. The van der Waals surface area contributed by atoms with Crippen molar-refractivity contribution in [3.63, 3.8) is 0 Å². The molecule has 2 heteroatoms. The van der Waals surface area contributed by atoms with Crippen LogP contribution in [0.4, 0.5) is 0 Å². The lowest BCUT2D eigenvalue weighted by Gasteiger charge is -2.36. The molecule has 1 fully saturated rings. The predicted molar refractivity (Wildman–Crippen MR) is 70.4 cm³/mol. The Labute approximate surface area is 106 Å². The molecule has 0 aromatic heterocycles. The molecule has 0 aliphatic heterocycles. The van der Waals surface area contributed by atoms with E-state index in [1.165, 1.54) is 12.0 Å². The summed E-state index contributed by atoms with van der Waals surface area (Å²) >= 11 is 3.55. The van der Waals surface area contributed by atoms with E-state index in [0.717, 1.165) is 30.2 Å². The van der Waals surface area contributed by atoms with Crippen LogP contribution < -0.4 is 0 Å². The molecule has 1 aliphatic carbocycles. The molecule has 88 valence electrons. The van der Waals surface area contributed by atoms with E-state index in [1.54, 1.807) is 0 Å². The zero-order chi connectivity index (χ0) is 11.6. The third-order valence-electron chi connectivity index (χ3n) is 3.54. The Bertz CT molecular complexity index is 364. The second-order valence-electron chi connectivity index (χ2n) is 5.19. The maximum atomic E-state index is 10.6. The second-order valence-corrected chi connectivity index (χ2v) is 6.05. The number of benzene rings is 1. The monoisotopic (exact) mass is 282 g/mol. The molecular weight excluding hydrogens is 264 g/mol. The number of halogens is 1. The largest absolute Gasteiger partial charge is 0.390 e. The first-order valence-electron chi connectivity index (χ1n) is 6.05. The van der Waals surface area contributed by atoms with Crippen molar-refractivity contribution in [2.45, 2.75) is 44.6 Å². The van der Waals surface area contributed by atoms with Gasteiger partial charge in [0.15, 0.2) is 0 Å². The molecule has 0 spiro atoms. The first-order chi connectivity index (χ1) is 7.59. The quantitative estimate of drug-likeness (QED) is 0.871. The van der Waals surface area contributed by atoms with Gasteiger partial charge in [-0.05, 0) is 30.4 Å². The summed E-state index contributed by atoms with van der Waals surface area (Å²) in [5.41, 5.74) is 0.737. The number of rotatable bonds is 2. The van der Waals surface area contributed by atoms with E-state index in [0.29, 0.717) is 5.92 Å². The highest BCUT2D eigenvalue weighted by atomic mass is 79.9. The fourth-order valence-electron chi connectivity index (χ4n) is 2.79. The van der Waals surface area contributed by atoms with Crippen molar-refractivity contribution >= 4 is 15.9 Å². The molecule has 2 atom stereocenters. The molecule has 1 nitrogen and oxygen atoms in total. The molecule has 0 saturated heterocycles. The Hall–Kier alpha value is -0.340. The van der Waals surface area contributed by atoms with Crippen LogP contribution in [0.25, 0.3) is 0 Å². The minimum Gasteiger partial charge on any atom is -0.390 e. The zero-order valence-electron chi connectivity index (χ0n) is 9.75. The molecule has 16 heavy (non-hydrogen) atoms. The van der Waals surface area contributed by atoms with E-state index in [1.807, 2.05) is 18.2 Å². The second kappa shape index (κ2) is 4.89. The first-order valence-corrected chi connectivity index (χ1v) is 6.84. The van der Waals surface area contributed by atoms with Gasteiger partial charge >= 0.3 is 0 Å². The molecule has 2 rings (SSSR count). The van der Waals surface area contributed by atoms with Gasteiger partial charge in [0.25, 0.3) is 0 Å². The van der Waals surface area contributed by atoms with Crippen molar-refractivity contribution in [1.29, 1.82) is 0 Å². The van der Waals surface area contributed by atoms with Crippen molar-refractivity contribution in [2.24, 2.45) is 5.92 Å². The van der Waals surface area contributed by atoms with Crippen LogP contribution in [0.5, 0.6) is 0 Å². The molecule has 2 unspecified atom stereocenters. The van der Waals surface area contributed by atoms with Crippen LogP contribution in [0, 0.1) is 5.92 Å². The molecule has 1 aromatic rings. The highest BCUT2D eigenvalue weighted by Crippen LogP contribution is 2.35. The Morgan fingerprint density at radius 3 is 2.88 bits per heavy atom. The molecule has 0 heterocycles. The summed E-state index contributed by atoms with van der Waals surface area (Å²) in [6.45, 7) is 2.24. The molecule has 0 radical (unpaired) electrons. The molecule has 1 aromatic carbocycles. The van der Waals surface area contributed by atoms with Crippen molar-refractivity contribution in [3.8, 4) is 0 Å². The number of hydrogen-bond acceptors (Lipinski definition) is 1. The summed E-state index contributed by atoms with van der Waals surface area (Å²) in [4.78, 5) is 0. The molecule has 1 N–H and O–H groups in total. The normalized spacial score (nSPS) is 30.3. The summed E-state index contributed by atoms with van der Waals surface area (Å²) in [5.74, 6) is 0.654. The highest BCUT2D eigenvalue weighted by Gasteiger charge is 2.32. The van der Waals surface area contributed by atoms with Crippen LogP contribution in [0.3, 0.4) is 0 Å². The maximum Gasteiger partial charge on any atom is 0.0690 e. The SMILES string of the molecule is CC1CCCC(O)(Cc2ccccc2Br)C1. The molecular formula is C14H19BrO. The van der Waals surface area contributed by atoms with Crippen molar-refractivity contribution < 1.29 is 5.11 Å². The van der Waals surface area contributed by atoms with Crippen LogP contribution in [0.15, 0.2) is 28.7 Å². The van der Waals surface area contributed by atoms with Crippen LogP contribution in [0.1, 0.15) is 38.2 Å². The van der Waals surface area contributed by atoms with E-state index in [2.05, 4.69) is 28.9 Å².